The van der Waals surface area contributed by atoms with E-state index in [1.165, 1.54) is 38.4 Å². The molecule has 0 radical (unpaired) electrons. The van der Waals surface area contributed by atoms with Gasteiger partial charge in [-0.3, -0.25) is 0 Å². The molecule has 6 heteroatoms. The van der Waals surface area contributed by atoms with Crippen LogP contribution in [0.5, 0.6) is 0 Å². The number of aromatic nitrogens is 3. The molecule has 1 aromatic heterocycles. The van der Waals surface area contributed by atoms with E-state index in [1.807, 2.05) is 0 Å². The minimum atomic E-state index is 0. The Morgan fingerprint density at radius 2 is 1.93 bits per heavy atom. The third kappa shape index (κ3) is 3.51. The van der Waals surface area contributed by atoms with Gasteiger partial charge in [0.05, 0.1) is 0 Å². The zero-order valence-electron chi connectivity index (χ0n) is 8.52. The number of hydrogen-bond donors (Lipinski definition) is 2. The molecule has 84 valence electrons. The van der Waals surface area contributed by atoms with E-state index in [0.717, 1.165) is 0 Å². The van der Waals surface area contributed by atoms with Crippen molar-refractivity contribution in [2.75, 3.05) is 11.1 Å². The van der Waals surface area contributed by atoms with Gasteiger partial charge in [-0.05, 0) is 12.8 Å². The van der Waals surface area contributed by atoms with Crippen LogP contribution in [0.2, 0.25) is 0 Å². The molecule has 1 saturated carbocycles. The van der Waals surface area contributed by atoms with Gasteiger partial charge >= 0.3 is 0 Å². The first-order valence-corrected chi connectivity index (χ1v) is 5.05. The molecule has 2 rings (SSSR count). The number of halogens is 1. The summed E-state index contributed by atoms with van der Waals surface area (Å²) in [4.78, 5) is 11.8. The Kier molecular flexibility index (Phi) is 4.55. The molecule has 0 bridgehead atoms. The van der Waals surface area contributed by atoms with Crippen LogP contribution in [0, 0.1) is 0 Å². The first kappa shape index (κ1) is 12.0. The highest BCUT2D eigenvalue weighted by Gasteiger charge is 2.13. The third-order valence-electron chi connectivity index (χ3n) is 2.53. The summed E-state index contributed by atoms with van der Waals surface area (Å²) in [5.74, 6) is 0.878. The topological polar surface area (TPSA) is 76.7 Å². The molecule has 15 heavy (non-hydrogen) atoms. The molecule has 0 atom stereocenters. The van der Waals surface area contributed by atoms with Gasteiger partial charge in [0, 0.05) is 6.04 Å². The molecule has 5 nitrogen and oxygen atoms in total. The number of rotatable bonds is 2. The smallest absolute Gasteiger partial charge is 0.227 e. The van der Waals surface area contributed by atoms with E-state index in [4.69, 9.17) is 5.73 Å². The van der Waals surface area contributed by atoms with Crippen molar-refractivity contribution in [3.8, 4) is 0 Å². The van der Waals surface area contributed by atoms with E-state index in [0.29, 0.717) is 12.0 Å². The number of anilines is 2. The van der Waals surface area contributed by atoms with Gasteiger partial charge in [0.15, 0.2) is 0 Å². The summed E-state index contributed by atoms with van der Waals surface area (Å²) in [6.45, 7) is 0. The van der Waals surface area contributed by atoms with Gasteiger partial charge in [-0.1, -0.05) is 19.3 Å². The van der Waals surface area contributed by atoms with Gasteiger partial charge in [-0.2, -0.15) is 4.98 Å². The Morgan fingerprint density at radius 3 is 2.60 bits per heavy atom. The van der Waals surface area contributed by atoms with E-state index in [9.17, 15) is 0 Å². The minimum Gasteiger partial charge on any atom is -0.368 e. The fourth-order valence-electron chi connectivity index (χ4n) is 1.81. The Balaban J connectivity index is 0.00000112. The number of nitrogen functional groups attached to an aromatic ring is 1. The summed E-state index contributed by atoms with van der Waals surface area (Å²) in [6, 6.07) is 0.505. The second-order valence-electron chi connectivity index (χ2n) is 3.65. The summed E-state index contributed by atoms with van der Waals surface area (Å²) >= 11 is 0. The minimum absolute atomic E-state index is 0. The van der Waals surface area contributed by atoms with Crippen LogP contribution in [0.15, 0.2) is 6.33 Å². The molecule has 1 aromatic rings. The molecule has 0 amide bonds. The third-order valence-corrected chi connectivity index (χ3v) is 2.53. The maximum absolute atomic E-state index is 5.46. The largest absolute Gasteiger partial charge is 0.368 e. The van der Waals surface area contributed by atoms with E-state index in [-0.39, 0.29) is 18.4 Å². The van der Waals surface area contributed by atoms with Crippen molar-refractivity contribution < 1.29 is 0 Å². The molecule has 0 spiro atoms. The standard InChI is InChI=1S/C9H15N5.ClH/c10-8-11-6-12-9(14-8)13-7-4-2-1-3-5-7;/h6-7H,1-5H2,(H3,10,11,12,13,14);1H. The highest BCUT2D eigenvalue weighted by Crippen LogP contribution is 2.19. The predicted octanol–water partition coefficient (Wildman–Crippen LogP) is 1.62. The summed E-state index contributed by atoms with van der Waals surface area (Å²) in [7, 11) is 0. The lowest BCUT2D eigenvalue weighted by Gasteiger charge is -2.22. The second-order valence-corrected chi connectivity index (χ2v) is 3.65. The summed E-state index contributed by atoms with van der Waals surface area (Å²) in [6.07, 6.45) is 7.76. The molecule has 1 aliphatic carbocycles. The average Bonchev–Trinajstić information content (AvgIpc) is 2.19. The summed E-state index contributed by atoms with van der Waals surface area (Å²) < 4.78 is 0. The highest BCUT2D eigenvalue weighted by molar-refractivity contribution is 5.85. The van der Waals surface area contributed by atoms with E-state index in [1.54, 1.807) is 0 Å². The average molecular weight is 230 g/mol. The molecule has 1 aliphatic rings. The predicted molar refractivity (Wildman–Crippen MR) is 62.0 cm³/mol. The lowest BCUT2D eigenvalue weighted by Crippen LogP contribution is -2.23. The molecule has 3 N–H and O–H groups in total. The van der Waals surface area contributed by atoms with Crippen molar-refractivity contribution in [3.05, 3.63) is 6.33 Å². The van der Waals surface area contributed by atoms with Crippen LogP contribution in [0.1, 0.15) is 32.1 Å². The molecular weight excluding hydrogens is 214 g/mol. The molecule has 0 saturated heterocycles. The van der Waals surface area contributed by atoms with Crippen LogP contribution in [0.25, 0.3) is 0 Å². The number of nitrogens with two attached hydrogens (primary N) is 1. The molecule has 0 aliphatic heterocycles. The molecule has 0 unspecified atom stereocenters. The zero-order valence-corrected chi connectivity index (χ0v) is 9.33. The van der Waals surface area contributed by atoms with Gasteiger partial charge < -0.3 is 11.1 Å². The zero-order chi connectivity index (χ0) is 9.80. The second kappa shape index (κ2) is 5.70. The van der Waals surface area contributed by atoms with Gasteiger partial charge in [0.25, 0.3) is 0 Å². The maximum Gasteiger partial charge on any atom is 0.227 e. The normalized spacial score (nSPS) is 16.8. The Labute approximate surface area is 95.3 Å². The van der Waals surface area contributed by atoms with Crippen molar-refractivity contribution >= 4 is 24.3 Å². The van der Waals surface area contributed by atoms with Crippen LogP contribution in [-0.2, 0) is 0 Å². The Morgan fingerprint density at radius 1 is 1.20 bits per heavy atom. The monoisotopic (exact) mass is 229 g/mol. The quantitative estimate of drug-likeness (QED) is 0.806. The Bertz CT molecular complexity index is 300. The van der Waals surface area contributed by atoms with Crippen LogP contribution in [0.4, 0.5) is 11.9 Å². The fraction of sp³-hybridized carbons (Fsp3) is 0.667. The number of nitrogens with zero attached hydrogens (tertiary/aromatic N) is 3. The summed E-state index contributed by atoms with van der Waals surface area (Å²) in [5.41, 5.74) is 5.46. The number of hydrogen-bond acceptors (Lipinski definition) is 5. The van der Waals surface area contributed by atoms with Crippen molar-refractivity contribution in [2.45, 2.75) is 38.1 Å². The van der Waals surface area contributed by atoms with Crippen molar-refractivity contribution in [1.29, 1.82) is 0 Å². The van der Waals surface area contributed by atoms with Crippen molar-refractivity contribution in [1.82, 2.24) is 15.0 Å². The highest BCUT2D eigenvalue weighted by atomic mass is 35.5. The van der Waals surface area contributed by atoms with E-state index >= 15 is 0 Å². The lowest BCUT2D eigenvalue weighted by atomic mass is 9.96. The van der Waals surface area contributed by atoms with Crippen molar-refractivity contribution in [3.63, 3.8) is 0 Å². The van der Waals surface area contributed by atoms with Crippen LogP contribution < -0.4 is 11.1 Å². The fourth-order valence-corrected chi connectivity index (χ4v) is 1.81. The lowest BCUT2D eigenvalue weighted by molar-refractivity contribution is 0.461. The van der Waals surface area contributed by atoms with E-state index < -0.39 is 0 Å². The number of nitrogens with one attached hydrogen (secondary N) is 1. The SMILES string of the molecule is Cl.Nc1ncnc(NC2CCCCC2)n1. The summed E-state index contributed by atoms with van der Waals surface area (Å²) in [5, 5.41) is 3.28. The van der Waals surface area contributed by atoms with Crippen LogP contribution >= 0.6 is 12.4 Å². The molecular formula is C9H16ClN5. The molecule has 1 fully saturated rings. The maximum atomic E-state index is 5.46. The van der Waals surface area contributed by atoms with Gasteiger partial charge in [-0.15, -0.1) is 12.4 Å². The first-order valence-electron chi connectivity index (χ1n) is 5.05. The van der Waals surface area contributed by atoms with Gasteiger partial charge in [-0.25, -0.2) is 9.97 Å². The van der Waals surface area contributed by atoms with E-state index in [2.05, 4.69) is 20.3 Å². The van der Waals surface area contributed by atoms with Gasteiger partial charge in [0.2, 0.25) is 11.9 Å². The molecule has 0 aromatic carbocycles. The van der Waals surface area contributed by atoms with Gasteiger partial charge in [0.1, 0.15) is 6.33 Å². The van der Waals surface area contributed by atoms with Crippen LogP contribution in [0.3, 0.4) is 0 Å². The van der Waals surface area contributed by atoms with Crippen LogP contribution in [-0.4, -0.2) is 21.0 Å². The molecule has 1 heterocycles. The first-order chi connectivity index (χ1) is 6.84. The Hall–Kier alpha value is -1.10. The van der Waals surface area contributed by atoms with Crippen molar-refractivity contribution in [2.24, 2.45) is 0 Å².